The molecule has 2 aromatic rings. The highest BCUT2D eigenvalue weighted by molar-refractivity contribution is 5.93. The van der Waals surface area contributed by atoms with Crippen molar-refractivity contribution in [1.82, 2.24) is 0 Å². The average molecular weight is 414 g/mol. The Bertz CT molecular complexity index is 873. The first-order chi connectivity index (χ1) is 14.5. The minimum atomic E-state index is -0.581. The van der Waals surface area contributed by atoms with Crippen LogP contribution in [0.1, 0.15) is 34.6 Å². The van der Waals surface area contributed by atoms with Gasteiger partial charge < -0.3 is 23.7 Å². The third kappa shape index (κ3) is 5.06. The van der Waals surface area contributed by atoms with Crippen molar-refractivity contribution in [2.75, 3.05) is 26.4 Å². The molecule has 0 aliphatic rings. The summed E-state index contributed by atoms with van der Waals surface area (Å²) in [7, 11) is 0. The molecule has 6 heteroatoms. The van der Waals surface area contributed by atoms with Crippen LogP contribution in [0.2, 0.25) is 0 Å². The average Bonchev–Trinajstić information content (AvgIpc) is 2.74. The van der Waals surface area contributed by atoms with Crippen LogP contribution in [-0.2, 0) is 4.79 Å². The van der Waals surface area contributed by atoms with Crippen LogP contribution in [0.15, 0.2) is 42.5 Å². The van der Waals surface area contributed by atoms with Gasteiger partial charge in [-0.3, -0.25) is 0 Å². The molecule has 0 saturated carbocycles. The smallest absolute Gasteiger partial charge is 0.338 e. The maximum Gasteiger partial charge on any atom is 0.338 e. The lowest BCUT2D eigenvalue weighted by Crippen LogP contribution is -2.13. The molecule has 2 rings (SSSR count). The van der Waals surface area contributed by atoms with Crippen LogP contribution in [0.3, 0.4) is 0 Å². The first-order valence-electron chi connectivity index (χ1n) is 10.2. The van der Waals surface area contributed by atoms with Crippen molar-refractivity contribution in [2.24, 2.45) is 0 Å². The summed E-state index contributed by atoms with van der Waals surface area (Å²) in [5.74, 6) is 1.04. The van der Waals surface area contributed by atoms with E-state index in [1.165, 1.54) is 0 Å². The first kappa shape index (κ1) is 23.1. The van der Waals surface area contributed by atoms with Crippen LogP contribution in [-0.4, -0.2) is 32.4 Å². The van der Waals surface area contributed by atoms with Crippen LogP contribution in [0.5, 0.6) is 28.7 Å². The Morgan fingerprint density at radius 3 is 1.63 bits per heavy atom. The van der Waals surface area contributed by atoms with Crippen LogP contribution in [0.4, 0.5) is 0 Å². The van der Waals surface area contributed by atoms with Crippen LogP contribution >= 0.6 is 0 Å². The predicted octanol–water partition coefficient (Wildman–Crippen LogP) is 5.43. The van der Waals surface area contributed by atoms with E-state index in [1.807, 2.05) is 58.0 Å². The van der Waals surface area contributed by atoms with Gasteiger partial charge in [-0.05, 0) is 40.2 Å². The van der Waals surface area contributed by atoms with Crippen molar-refractivity contribution in [3.05, 3.63) is 42.5 Å². The van der Waals surface area contributed by atoms with Gasteiger partial charge in [-0.2, -0.15) is 0 Å². The molecule has 0 atom stereocenters. The molecule has 30 heavy (non-hydrogen) atoms. The normalized spacial score (nSPS) is 10.3. The van der Waals surface area contributed by atoms with Gasteiger partial charge in [0, 0.05) is 5.57 Å². The van der Waals surface area contributed by atoms with E-state index in [1.54, 1.807) is 6.92 Å². The number of hydrogen-bond donors (Lipinski definition) is 0. The molecule has 2 aromatic carbocycles. The number of carbonyl (C=O) groups excluding carboxylic acids is 1. The zero-order valence-electron chi connectivity index (χ0n) is 18.4. The van der Waals surface area contributed by atoms with Crippen molar-refractivity contribution >= 4 is 5.97 Å². The summed E-state index contributed by atoms with van der Waals surface area (Å²) in [5, 5.41) is 0. The lowest BCUT2D eigenvalue weighted by molar-refractivity contribution is -0.130. The Balaban J connectivity index is 2.97. The molecule has 0 fully saturated rings. The molecule has 6 nitrogen and oxygen atoms in total. The number of rotatable bonds is 11. The maximum absolute atomic E-state index is 12.4. The van der Waals surface area contributed by atoms with Crippen molar-refractivity contribution in [3.63, 3.8) is 0 Å². The molecule has 0 radical (unpaired) electrons. The number of ether oxygens (including phenoxy) is 5. The highest BCUT2D eigenvalue weighted by Crippen LogP contribution is 2.57. The third-order valence-electron chi connectivity index (χ3n) is 4.04. The van der Waals surface area contributed by atoms with Gasteiger partial charge in [0.25, 0.3) is 0 Å². The van der Waals surface area contributed by atoms with E-state index in [0.29, 0.717) is 49.2 Å². The molecule has 0 saturated heterocycles. The Labute approximate surface area is 178 Å². The molecule has 0 spiro atoms. The second-order valence-corrected chi connectivity index (χ2v) is 6.29. The maximum atomic E-state index is 12.4. The zero-order chi connectivity index (χ0) is 22.1. The number of benzene rings is 2. The van der Waals surface area contributed by atoms with E-state index in [9.17, 15) is 4.79 Å². The Morgan fingerprint density at radius 2 is 1.17 bits per heavy atom. The summed E-state index contributed by atoms with van der Waals surface area (Å²) in [6.07, 6.45) is 0. The third-order valence-corrected chi connectivity index (χ3v) is 4.04. The van der Waals surface area contributed by atoms with Gasteiger partial charge in [0.1, 0.15) is 0 Å². The second-order valence-electron chi connectivity index (χ2n) is 6.29. The lowest BCUT2D eigenvalue weighted by atomic mass is 10.0. The molecule has 162 valence electrons. The minimum absolute atomic E-state index is 0.150. The second kappa shape index (κ2) is 11.1. The van der Waals surface area contributed by atoms with Crippen LogP contribution in [0, 0.1) is 0 Å². The van der Waals surface area contributed by atoms with E-state index in [0.717, 1.165) is 5.56 Å². The van der Waals surface area contributed by atoms with Crippen molar-refractivity contribution in [1.29, 1.82) is 0 Å². The van der Waals surface area contributed by atoms with Gasteiger partial charge in [-0.15, -0.1) is 0 Å². The van der Waals surface area contributed by atoms with Gasteiger partial charge in [-0.25, -0.2) is 4.79 Å². The fraction of sp³-hybridized carbons (Fsp3) is 0.375. The van der Waals surface area contributed by atoms with Gasteiger partial charge >= 0.3 is 5.97 Å². The summed E-state index contributed by atoms with van der Waals surface area (Å²) in [5.41, 5.74) is 1.73. The molecule has 0 N–H and O–H groups in total. The summed E-state index contributed by atoms with van der Waals surface area (Å²) in [4.78, 5) is 12.4. The summed E-state index contributed by atoms with van der Waals surface area (Å²) < 4.78 is 29.5. The molecule has 0 heterocycles. The molecule has 0 amide bonds. The van der Waals surface area contributed by atoms with Crippen LogP contribution < -0.4 is 23.7 Å². The van der Waals surface area contributed by atoms with E-state index >= 15 is 0 Å². The fourth-order valence-electron chi connectivity index (χ4n) is 2.89. The zero-order valence-corrected chi connectivity index (χ0v) is 18.4. The fourth-order valence-corrected chi connectivity index (χ4v) is 2.89. The molecular formula is C24H30O6. The number of esters is 1. The largest absolute Gasteiger partial charge is 0.489 e. The standard InChI is InChI=1S/C24H30O6/c1-7-26-19-18(17-14-12-11-13-15-17)20(27-8-2)23(30-24(25)16(5)6)22(29-10-4)21(19)28-9-3/h11-15H,5,7-10H2,1-4,6H3. The molecule has 0 unspecified atom stereocenters. The topological polar surface area (TPSA) is 63.2 Å². The monoisotopic (exact) mass is 414 g/mol. The van der Waals surface area contributed by atoms with E-state index in [-0.39, 0.29) is 17.1 Å². The van der Waals surface area contributed by atoms with E-state index in [2.05, 4.69) is 6.58 Å². The van der Waals surface area contributed by atoms with Crippen molar-refractivity contribution < 1.29 is 28.5 Å². The van der Waals surface area contributed by atoms with E-state index < -0.39 is 5.97 Å². The lowest BCUT2D eigenvalue weighted by Gasteiger charge is -2.24. The Morgan fingerprint density at radius 1 is 0.733 bits per heavy atom. The van der Waals surface area contributed by atoms with Crippen molar-refractivity contribution in [2.45, 2.75) is 34.6 Å². The summed E-state index contributed by atoms with van der Waals surface area (Å²) >= 11 is 0. The molecule has 0 bridgehead atoms. The van der Waals surface area contributed by atoms with Gasteiger partial charge in [-0.1, -0.05) is 36.9 Å². The Hall–Kier alpha value is -3.15. The first-order valence-corrected chi connectivity index (χ1v) is 10.2. The quantitative estimate of drug-likeness (QED) is 0.278. The van der Waals surface area contributed by atoms with Gasteiger partial charge in [0.05, 0.1) is 32.0 Å². The minimum Gasteiger partial charge on any atom is -0.489 e. The molecular weight excluding hydrogens is 384 g/mol. The SMILES string of the molecule is C=C(C)C(=O)Oc1c(OCC)c(OCC)c(OCC)c(-c2ccccc2)c1OCC. The van der Waals surface area contributed by atoms with E-state index in [4.69, 9.17) is 23.7 Å². The molecule has 0 aromatic heterocycles. The van der Waals surface area contributed by atoms with Gasteiger partial charge in [0.15, 0.2) is 11.5 Å². The molecule has 0 aliphatic heterocycles. The summed E-state index contributed by atoms with van der Waals surface area (Å²) in [6.45, 7) is 14.2. The number of carbonyl (C=O) groups is 1. The highest BCUT2D eigenvalue weighted by Gasteiger charge is 2.32. The summed E-state index contributed by atoms with van der Waals surface area (Å²) in [6, 6.07) is 9.61. The highest BCUT2D eigenvalue weighted by atomic mass is 16.6. The number of hydrogen-bond acceptors (Lipinski definition) is 6. The van der Waals surface area contributed by atoms with Crippen molar-refractivity contribution in [3.8, 4) is 39.9 Å². The van der Waals surface area contributed by atoms with Crippen LogP contribution in [0.25, 0.3) is 11.1 Å². The van der Waals surface area contributed by atoms with Gasteiger partial charge in [0.2, 0.25) is 17.2 Å². The molecule has 0 aliphatic carbocycles. The predicted molar refractivity (Wildman–Crippen MR) is 117 cm³/mol. The Kier molecular flexibility index (Phi) is 8.59.